The van der Waals surface area contributed by atoms with E-state index in [4.69, 9.17) is 34.8 Å². The van der Waals surface area contributed by atoms with Crippen LogP contribution in [-0.4, -0.2) is 15.7 Å². The number of anilines is 1. The van der Waals surface area contributed by atoms with Crippen molar-refractivity contribution in [2.45, 2.75) is 6.54 Å². The van der Waals surface area contributed by atoms with Crippen LogP contribution in [-0.2, 0) is 6.54 Å². The van der Waals surface area contributed by atoms with Crippen molar-refractivity contribution in [1.82, 2.24) is 9.78 Å². The predicted molar refractivity (Wildman–Crippen MR) is 97.2 cm³/mol. The molecule has 0 aliphatic carbocycles. The molecule has 0 saturated carbocycles. The fraction of sp³-hybridized carbons (Fsp3) is 0.0588. The lowest BCUT2D eigenvalue weighted by Crippen LogP contribution is -2.13. The first-order chi connectivity index (χ1) is 11.5. The van der Waals surface area contributed by atoms with Gasteiger partial charge in [-0.3, -0.25) is 9.48 Å². The molecule has 0 aliphatic heterocycles. The first-order valence-electron chi connectivity index (χ1n) is 7.06. The van der Waals surface area contributed by atoms with Crippen LogP contribution >= 0.6 is 34.8 Å². The van der Waals surface area contributed by atoms with Gasteiger partial charge in [0.2, 0.25) is 0 Å². The van der Waals surface area contributed by atoms with Crippen molar-refractivity contribution in [3.8, 4) is 0 Å². The molecule has 3 rings (SSSR count). The zero-order valence-electron chi connectivity index (χ0n) is 12.3. The van der Waals surface area contributed by atoms with Crippen LogP contribution in [0.1, 0.15) is 15.9 Å². The summed E-state index contributed by atoms with van der Waals surface area (Å²) in [6.07, 6.45) is 1.66. The highest BCUT2D eigenvalue weighted by atomic mass is 35.5. The number of nitrogens with one attached hydrogen (secondary N) is 1. The summed E-state index contributed by atoms with van der Waals surface area (Å²) in [4.78, 5) is 12.3. The smallest absolute Gasteiger partial charge is 0.258 e. The number of halogens is 3. The first-order valence-corrected chi connectivity index (χ1v) is 8.19. The van der Waals surface area contributed by atoms with Crippen molar-refractivity contribution in [1.29, 1.82) is 0 Å². The molecular weight excluding hydrogens is 369 g/mol. The van der Waals surface area contributed by atoms with Gasteiger partial charge in [-0.25, -0.2) is 0 Å². The maximum Gasteiger partial charge on any atom is 0.258 e. The number of amides is 1. The molecule has 3 aromatic rings. The van der Waals surface area contributed by atoms with E-state index in [0.29, 0.717) is 22.2 Å². The minimum Gasteiger partial charge on any atom is -0.304 e. The van der Waals surface area contributed by atoms with Gasteiger partial charge in [-0.2, -0.15) is 5.10 Å². The third kappa shape index (κ3) is 3.90. The molecule has 24 heavy (non-hydrogen) atoms. The number of benzene rings is 2. The summed E-state index contributed by atoms with van der Waals surface area (Å²) in [5.41, 5.74) is 1.38. The molecule has 0 atom stereocenters. The van der Waals surface area contributed by atoms with E-state index < -0.39 is 5.91 Å². The Kier molecular flexibility index (Phi) is 5.09. The highest BCUT2D eigenvalue weighted by Crippen LogP contribution is 2.24. The molecule has 1 heterocycles. The van der Waals surface area contributed by atoms with Crippen molar-refractivity contribution < 1.29 is 4.79 Å². The minimum atomic E-state index is -0.400. The van der Waals surface area contributed by atoms with Crippen LogP contribution in [0.2, 0.25) is 15.1 Å². The van der Waals surface area contributed by atoms with Crippen LogP contribution in [0.5, 0.6) is 0 Å². The lowest BCUT2D eigenvalue weighted by molar-refractivity contribution is 0.102. The third-order valence-electron chi connectivity index (χ3n) is 3.31. The molecule has 0 spiro atoms. The number of aromatic nitrogens is 2. The van der Waals surface area contributed by atoms with Crippen LogP contribution in [0, 0.1) is 0 Å². The van der Waals surface area contributed by atoms with Crippen LogP contribution < -0.4 is 5.32 Å². The Morgan fingerprint density at radius 1 is 1.04 bits per heavy atom. The molecule has 0 radical (unpaired) electrons. The molecule has 7 heteroatoms. The number of nitrogens with zero attached hydrogens (tertiary/aromatic N) is 2. The van der Waals surface area contributed by atoms with E-state index in [2.05, 4.69) is 10.4 Å². The predicted octanol–water partition coefficient (Wildman–Crippen LogP) is 5.14. The number of rotatable bonds is 4. The normalized spacial score (nSPS) is 10.6. The van der Waals surface area contributed by atoms with Gasteiger partial charge in [0.05, 0.1) is 17.1 Å². The lowest BCUT2D eigenvalue weighted by Gasteiger charge is -2.05. The van der Waals surface area contributed by atoms with E-state index >= 15 is 0 Å². The molecule has 0 saturated heterocycles. The monoisotopic (exact) mass is 379 g/mol. The summed E-state index contributed by atoms with van der Waals surface area (Å²) in [5, 5.41) is 8.04. The van der Waals surface area contributed by atoms with E-state index in [1.54, 1.807) is 23.0 Å². The van der Waals surface area contributed by atoms with Crippen molar-refractivity contribution >= 4 is 46.5 Å². The van der Waals surface area contributed by atoms with Crippen LogP contribution in [0.15, 0.2) is 54.7 Å². The summed E-state index contributed by atoms with van der Waals surface area (Å²) < 4.78 is 1.66. The van der Waals surface area contributed by atoms with Gasteiger partial charge in [-0.15, -0.1) is 0 Å². The molecule has 122 valence electrons. The van der Waals surface area contributed by atoms with Crippen molar-refractivity contribution in [3.05, 3.63) is 80.9 Å². The van der Waals surface area contributed by atoms with Gasteiger partial charge >= 0.3 is 0 Å². The Morgan fingerprint density at radius 3 is 2.50 bits per heavy atom. The van der Waals surface area contributed by atoms with Crippen LogP contribution in [0.25, 0.3) is 0 Å². The molecular formula is C17H12Cl3N3O. The SMILES string of the molecule is O=C(Nc1nn(Cc2ccccc2)cc1Cl)c1ccc(Cl)cc1Cl. The molecule has 0 unspecified atom stereocenters. The Hall–Kier alpha value is -2.01. The number of hydrogen-bond donors (Lipinski definition) is 1. The maximum absolute atomic E-state index is 12.3. The number of carbonyl (C=O) groups excluding carboxylic acids is 1. The third-order valence-corrected chi connectivity index (χ3v) is 4.14. The van der Waals surface area contributed by atoms with E-state index in [1.807, 2.05) is 30.3 Å². The van der Waals surface area contributed by atoms with Crippen molar-refractivity contribution in [2.75, 3.05) is 5.32 Å². The van der Waals surface area contributed by atoms with Gasteiger partial charge in [0, 0.05) is 11.2 Å². The zero-order valence-corrected chi connectivity index (χ0v) is 14.6. The van der Waals surface area contributed by atoms with Gasteiger partial charge in [-0.05, 0) is 23.8 Å². The molecule has 2 aromatic carbocycles. The Balaban J connectivity index is 1.77. The molecule has 4 nitrogen and oxygen atoms in total. The fourth-order valence-electron chi connectivity index (χ4n) is 2.18. The summed E-state index contributed by atoms with van der Waals surface area (Å²) in [6, 6.07) is 14.5. The molecule has 1 aromatic heterocycles. The van der Waals surface area contributed by atoms with E-state index in [-0.39, 0.29) is 10.8 Å². The van der Waals surface area contributed by atoms with E-state index in [9.17, 15) is 4.79 Å². The van der Waals surface area contributed by atoms with Gasteiger partial charge in [0.1, 0.15) is 5.02 Å². The second kappa shape index (κ2) is 7.26. The topological polar surface area (TPSA) is 46.9 Å². The summed E-state index contributed by atoms with van der Waals surface area (Å²) >= 11 is 18.0. The molecule has 0 fully saturated rings. The Bertz CT molecular complexity index is 878. The highest BCUT2D eigenvalue weighted by molar-refractivity contribution is 6.37. The lowest BCUT2D eigenvalue weighted by atomic mass is 10.2. The summed E-state index contributed by atoms with van der Waals surface area (Å²) in [6.45, 7) is 0.554. The second-order valence-corrected chi connectivity index (χ2v) is 6.34. The standard InChI is InChI=1S/C17H12Cl3N3O/c18-12-6-7-13(14(19)8-12)17(24)21-16-15(20)10-23(22-16)9-11-4-2-1-3-5-11/h1-8,10H,9H2,(H,21,22,24). The van der Waals surface area contributed by atoms with Gasteiger partial charge in [-0.1, -0.05) is 65.1 Å². The molecule has 1 amide bonds. The summed E-state index contributed by atoms with van der Waals surface area (Å²) in [5.74, 6) is -0.118. The first kappa shape index (κ1) is 16.8. The molecule has 1 N–H and O–H groups in total. The average molecular weight is 381 g/mol. The van der Waals surface area contributed by atoms with Crippen LogP contribution in [0.3, 0.4) is 0 Å². The quantitative estimate of drug-likeness (QED) is 0.681. The minimum absolute atomic E-state index is 0.264. The second-order valence-electron chi connectivity index (χ2n) is 5.09. The molecule has 0 bridgehead atoms. The van der Waals surface area contributed by atoms with Gasteiger partial charge < -0.3 is 5.32 Å². The van der Waals surface area contributed by atoms with Crippen molar-refractivity contribution in [2.24, 2.45) is 0 Å². The largest absolute Gasteiger partial charge is 0.304 e. The van der Waals surface area contributed by atoms with Gasteiger partial charge in [0.15, 0.2) is 5.82 Å². The number of carbonyl (C=O) groups is 1. The van der Waals surface area contributed by atoms with E-state index in [1.165, 1.54) is 6.07 Å². The maximum atomic E-state index is 12.3. The zero-order chi connectivity index (χ0) is 17.1. The Morgan fingerprint density at radius 2 is 1.79 bits per heavy atom. The number of hydrogen-bond acceptors (Lipinski definition) is 2. The van der Waals surface area contributed by atoms with Crippen LogP contribution in [0.4, 0.5) is 5.82 Å². The fourth-order valence-corrected chi connectivity index (χ4v) is 2.87. The van der Waals surface area contributed by atoms with E-state index in [0.717, 1.165) is 5.56 Å². The Labute approximate surface area is 154 Å². The van der Waals surface area contributed by atoms with Gasteiger partial charge in [0.25, 0.3) is 5.91 Å². The van der Waals surface area contributed by atoms with Crippen molar-refractivity contribution in [3.63, 3.8) is 0 Å². The summed E-state index contributed by atoms with van der Waals surface area (Å²) in [7, 11) is 0. The average Bonchev–Trinajstić information content (AvgIpc) is 2.87. The highest BCUT2D eigenvalue weighted by Gasteiger charge is 2.15. The molecule has 0 aliphatic rings.